The molecule has 3 heterocycles. The molecule has 3 nitrogen and oxygen atoms in total. The van der Waals surface area contributed by atoms with E-state index >= 15 is 0 Å². The third kappa shape index (κ3) is 2.39. The van der Waals surface area contributed by atoms with Crippen molar-refractivity contribution in [3.05, 3.63) is 16.1 Å². The fourth-order valence-electron chi connectivity index (χ4n) is 2.78. The molecule has 0 amide bonds. The Morgan fingerprint density at radius 2 is 2.41 bits per heavy atom. The molecule has 0 saturated carbocycles. The van der Waals surface area contributed by atoms with Crippen molar-refractivity contribution in [2.24, 2.45) is 0 Å². The molecule has 2 bridgehead atoms. The van der Waals surface area contributed by atoms with Crippen molar-refractivity contribution in [3.8, 4) is 0 Å². The van der Waals surface area contributed by atoms with Crippen molar-refractivity contribution < 1.29 is 4.74 Å². The lowest BCUT2D eigenvalue weighted by Gasteiger charge is -2.15. The van der Waals surface area contributed by atoms with Gasteiger partial charge in [0.05, 0.1) is 22.9 Å². The molecule has 1 aromatic rings. The number of hydrogen-bond donors (Lipinski definition) is 1. The zero-order chi connectivity index (χ0) is 11.8. The first-order valence-corrected chi connectivity index (χ1v) is 7.43. The molecule has 1 aromatic heterocycles. The maximum atomic E-state index is 5.90. The van der Waals surface area contributed by atoms with Gasteiger partial charge in [0.25, 0.3) is 0 Å². The maximum Gasteiger partial charge on any atom is 0.0986 e. The van der Waals surface area contributed by atoms with Gasteiger partial charge in [0, 0.05) is 23.9 Å². The van der Waals surface area contributed by atoms with Crippen LogP contribution in [-0.2, 0) is 11.3 Å². The minimum atomic E-state index is 0.456. The molecule has 3 rings (SSSR count). The van der Waals surface area contributed by atoms with E-state index in [0.717, 1.165) is 6.54 Å². The van der Waals surface area contributed by atoms with Crippen molar-refractivity contribution in [2.45, 2.75) is 63.8 Å². The van der Waals surface area contributed by atoms with Crippen LogP contribution in [-0.4, -0.2) is 23.2 Å². The zero-order valence-electron chi connectivity index (χ0n) is 10.5. The first-order chi connectivity index (χ1) is 8.22. The second-order valence-corrected chi connectivity index (χ2v) is 6.32. The highest BCUT2D eigenvalue weighted by Gasteiger charge is 2.42. The van der Waals surface area contributed by atoms with Gasteiger partial charge in [-0.05, 0) is 19.3 Å². The van der Waals surface area contributed by atoms with E-state index in [1.165, 1.54) is 30.0 Å². The summed E-state index contributed by atoms with van der Waals surface area (Å²) >= 11 is 1.81. The highest BCUT2D eigenvalue weighted by atomic mass is 32.1. The molecular weight excluding hydrogens is 232 g/mol. The van der Waals surface area contributed by atoms with Crippen molar-refractivity contribution in [1.82, 2.24) is 10.3 Å². The Bertz CT molecular complexity index is 391. The van der Waals surface area contributed by atoms with E-state index in [9.17, 15) is 0 Å². The summed E-state index contributed by atoms with van der Waals surface area (Å²) in [6, 6.07) is 0.519. The van der Waals surface area contributed by atoms with Crippen molar-refractivity contribution in [1.29, 1.82) is 0 Å². The average molecular weight is 252 g/mol. The summed E-state index contributed by atoms with van der Waals surface area (Å²) in [5.74, 6) is 0.576. The minimum Gasteiger partial charge on any atom is -0.374 e. The molecule has 2 aliphatic rings. The lowest BCUT2D eigenvalue weighted by atomic mass is 9.90. The van der Waals surface area contributed by atoms with Crippen LogP contribution >= 0.6 is 11.3 Å². The normalized spacial score (nSPS) is 31.6. The van der Waals surface area contributed by atoms with Crippen LogP contribution in [0.5, 0.6) is 0 Å². The predicted molar refractivity (Wildman–Crippen MR) is 69.3 cm³/mol. The van der Waals surface area contributed by atoms with E-state index in [-0.39, 0.29) is 0 Å². The summed E-state index contributed by atoms with van der Waals surface area (Å²) in [5, 5.41) is 6.89. The fourth-order valence-corrected chi connectivity index (χ4v) is 3.77. The number of nitrogens with zero attached hydrogens (tertiary/aromatic N) is 1. The number of rotatable bonds is 4. The molecule has 0 spiro atoms. The smallest absolute Gasteiger partial charge is 0.0986 e. The van der Waals surface area contributed by atoms with Crippen molar-refractivity contribution in [3.63, 3.8) is 0 Å². The quantitative estimate of drug-likeness (QED) is 0.894. The highest BCUT2D eigenvalue weighted by Crippen LogP contribution is 2.45. The van der Waals surface area contributed by atoms with Crippen LogP contribution in [0.15, 0.2) is 5.38 Å². The van der Waals surface area contributed by atoms with E-state index in [1.54, 1.807) is 0 Å². The fraction of sp³-hybridized carbons (Fsp3) is 0.769. The molecule has 2 aliphatic heterocycles. The van der Waals surface area contributed by atoms with Gasteiger partial charge in [-0.15, -0.1) is 11.3 Å². The van der Waals surface area contributed by atoms with Gasteiger partial charge in [-0.2, -0.15) is 0 Å². The number of hydrogen-bond acceptors (Lipinski definition) is 4. The molecule has 3 unspecified atom stereocenters. The number of aromatic nitrogens is 1. The van der Waals surface area contributed by atoms with Crippen LogP contribution in [0.25, 0.3) is 0 Å². The van der Waals surface area contributed by atoms with Crippen LogP contribution in [0.4, 0.5) is 0 Å². The first-order valence-electron chi connectivity index (χ1n) is 6.55. The van der Waals surface area contributed by atoms with Gasteiger partial charge in [0.1, 0.15) is 0 Å². The first kappa shape index (κ1) is 11.6. The molecular formula is C13H20N2OS. The lowest BCUT2D eigenvalue weighted by molar-refractivity contribution is 0.100. The highest BCUT2D eigenvalue weighted by molar-refractivity contribution is 7.09. The van der Waals surface area contributed by atoms with E-state index in [0.29, 0.717) is 24.2 Å². The van der Waals surface area contributed by atoms with Gasteiger partial charge in [-0.1, -0.05) is 13.8 Å². The minimum absolute atomic E-state index is 0.456. The van der Waals surface area contributed by atoms with Crippen LogP contribution in [0, 0.1) is 0 Å². The summed E-state index contributed by atoms with van der Waals surface area (Å²) in [5.41, 5.74) is 1.18. The lowest BCUT2D eigenvalue weighted by Crippen LogP contribution is -2.22. The summed E-state index contributed by atoms with van der Waals surface area (Å²) in [6.07, 6.45) is 4.65. The van der Waals surface area contributed by atoms with Gasteiger partial charge in [0.2, 0.25) is 0 Å². The summed E-state index contributed by atoms with van der Waals surface area (Å²) < 4.78 is 5.90. The SMILES string of the molecule is CC(C)NCc1csc(C2CC3CCC2O3)n1. The average Bonchev–Trinajstić information content (AvgIpc) is 3.01. The molecule has 2 fully saturated rings. The van der Waals surface area contributed by atoms with Gasteiger partial charge >= 0.3 is 0 Å². The van der Waals surface area contributed by atoms with Crippen LogP contribution < -0.4 is 5.32 Å². The predicted octanol–water partition coefficient (Wildman–Crippen LogP) is 2.68. The second-order valence-electron chi connectivity index (χ2n) is 5.43. The number of ether oxygens (including phenoxy) is 1. The third-order valence-electron chi connectivity index (χ3n) is 3.68. The van der Waals surface area contributed by atoms with Gasteiger partial charge in [0.15, 0.2) is 0 Å². The zero-order valence-corrected chi connectivity index (χ0v) is 11.3. The molecule has 0 aromatic carbocycles. The van der Waals surface area contributed by atoms with Crippen molar-refractivity contribution in [2.75, 3.05) is 0 Å². The molecule has 94 valence electrons. The van der Waals surface area contributed by atoms with E-state index < -0.39 is 0 Å². The topological polar surface area (TPSA) is 34.1 Å². The Morgan fingerprint density at radius 1 is 1.53 bits per heavy atom. The Labute approximate surface area is 107 Å². The summed E-state index contributed by atoms with van der Waals surface area (Å²) in [7, 11) is 0. The molecule has 17 heavy (non-hydrogen) atoms. The number of nitrogens with one attached hydrogen (secondary N) is 1. The van der Waals surface area contributed by atoms with E-state index in [4.69, 9.17) is 9.72 Å². The van der Waals surface area contributed by atoms with Gasteiger partial charge < -0.3 is 10.1 Å². The third-order valence-corrected chi connectivity index (χ3v) is 4.71. The molecule has 0 radical (unpaired) electrons. The number of thiazole rings is 1. The second kappa shape index (κ2) is 4.67. The monoisotopic (exact) mass is 252 g/mol. The van der Waals surface area contributed by atoms with E-state index in [1.807, 2.05) is 11.3 Å². The van der Waals surface area contributed by atoms with E-state index in [2.05, 4.69) is 24.5 Å². The molecule has 4 heteroatoms. The Hall–Kier alpha value is -0.450. The Morgan fingerprint density at radius 3 is 3.06 bits per heavy atom. The number of fused-ring (bicyclic) bond motifs is 2. The van der Waals surface area contributed by atoms with Crippen LogP contribution in [0.3, 0.4) is 0 Å². The summed E-state index contributed by atoms with van der Waals surface area (Å²) in [4.78, 5) is 4.76. The van der Waals surface area contributed by atoms with Gasteiger partial charge in [-0.3, -0.25) is 0 Å². The summed E-state index contributed by atoms with van der Waals surface area (Å²) in [6.45, 7) is 5.21. The van der Waals surface area contributed by atoms with Gasteiger partial charge in [-0.25, -0.2) is 4.98 Å². The van der Waals surface area contributed by atoms with Crippen LogP contribution in [0.2, 0.25) is 0 Å². The van der Waals surface area contributed by atoms with Crippen molar-refractivity contribution >= 4 is 11.3 Å². The molecule has 0 aliphatic carbocycles. The Kier molecular flexibility index (Phi) is 3.19. The standard InChI is InChI=1S/C13H20N2OS/c1-8(2)14-6-9-7-17-13(15-9)11-5-10-3-4-12(11)16-10/h7-8,10-12,14H,3-6H2,1-2H3. The molecule has 3 atom stereocenters. The molecule has 2 saturated heterocycles. The molecule has 1 N–H and O–H groups in total. The maximum absolute atomic E-state index is 5.90. The Balaban J connectivity index is 1.64. The van der Waals surface area contributed by atoms with Crippen LogP contribution in [0.1, 0.15) is 49.7 Å². The largest absolute Gasteiger partial charge is 0.374 e.